The van der Waals surface area contributed by atoms with Gasteiger partial charge in [0.2, 0.25) is 0 Å². The van der Waals surface area contributed by atoms with Gasteiger partial charge in [-0.25, -0.2) is 4.79 Å². The molecule has 2 amide bonds. The molecule has 1 aromatic heterocycles. The van der Waals surface area contributed by atoms with Crippen LogP contribution in [0.2, 0.25) is 0 Å². The number of rotatable bonds is 7. The van der Waals surface area contributed by atoms with Crippen molar-refractivity contribution in [1.29, 1.82) is 0 Å². The first-order valence-electron chi connectivity index (χ1n) is 7.44. The SMILES string of the molecule is CCOC(=O)N[C@H](CNC(=O)c1ccc(CC)o1)C1CC1. The first-order chi connectivity index (χ1) is 10.1. The summed E-state index contributed by atoms with van der Waals surface area (Å²) in [5.41, 5.74) is 0. The molecule has 0 bridgehead atoms. The van der Waals surface area contributed by atoms with Crippen LogP contribution < -0.4 is 10.6 Å². The van der Waals surface area contributed by atoms with E-state index in [1.807, 2.05) is 6.92 Å². The molecule has 1 saturated carbocycles. The molecule has 2 N–H and O–H groups in total. The summed E-state index contributed by atoms with van der Waals surface area (Å²) in [6.07, 6.45) is 2.44. The number of hydrogen-bond donors (Lipinski definition) is 2. The van der Waals surface area contributed by atoms with Crippen LogP contribution in [0, 0.1) is 5.92 Å². The summed E-state index contributed by atoms with van der Waals surface area (Å²) in [7, 11) is 0. The van der Waals surface area contributed by atoms with E-state index in [-0.39, 0.29) is 11.9 Å². The maximum Gasteiger partial charge on any atom is 0.407 e. The minimum Gasteiger partial charge on any atom is -0.456 e. The highest BCUT2D eigenvalue weighted by Gasteiger charge is 2.33. The van der Waals surface area contributed by atoms with Crippen molar-refractivity contribution in [3.8, 4) is 0 Å². The maximum absolute atomic E-state index is 12.0. The van der Waals surface area contributed by atoms with Crippen molar-refractivity contribution in [3.05, 3.63) is 23.7 Å². The summed E-state index contributed by atoms with van der Waals surface area (Å²) in [4.78, 5) is 23.5. The summed E-state index contributed by atoms with van der Waals surface area (Å²) in [6, 6.07) is 3.37. The number of carbonyl (C=O) groups is 2. The molecule has 21 heavy (non-hydrogen) atoms. The Balaban J connectivity index is 1.83. The van der Waals surface area contributed by atoms with Crippen LogP contribution in [0.15, 0.2) is 16.5 Å². The largest absolute Gasteiger partial charge is 0.456 e. The Hall–Kier alpha value is -1.98. The molecule has 6 heteroatoms. The second kappa shape index (κ2) is 7.15. The molecule has 1 fully saturated rings. The molecule has 0 saturated heterocycles. The summed E-state index contributed by atoms with van der Waals surface area (Å²) in [6.45, 7) is 4.44. The molecule has 1 aliphatic carbocycles. The van der Waals surface area contributed by atoms with Crippen LogP contribution in [0.1, 0.15) is 43.0 Å². The Morgan fingerprint density at radius 2 is 2.14 bits per heavy atom. The number of carbonyl (C=O) groups excluding carboxylic acids is 2. The van der Waals surface area contributed by atoms with E-state index in [0.717, 1.165) is 25.0 Å². The smallest absolute Gasteiger partial charge is 0.407 e. The molecule has 0 spiro atoms. The number of furan rings is 1. The molecule has 1 aliphatic rings. The lowest BCUT2D eigenvalue weighted by Crippen LogP contribution is -2.45. The molecule has 0 radical (unpaired) electrons. The zero-order chi connectivity index (χ0) is 15.2. The van der Waals surface area contributed by atoms with Crippen LogP contribution in [-0.4, -0.2) is 31.2 Å². The molecule has 116 valence electrons. The van der Waals surface area contributed by atoms with Crippen molar-refractivity contribution in [2.75, 3.05) is 13.2 Å². The molecule has 0 aliphatic heterocycles. The fourth-order valence-electron chi connectivity index (χ4n) is 2.14. The van der Waals surface area contributed by atoms with Gasteiger partial charge in [0.1, 0.15) is 5.76 Å². The van der Waals surface area contributed by atoms with Gasteiger partial charge in [-0.05, 0) is 37.8 Å². The molecule has 0 aromatic carbocycles. The van der Waals surface area contributed by atoms with Gasteiger partial charge >= 0.3 is 6.09 Å². The fraction of sp³-hybridized carbons (Fsp3) is 0.600. The molecule has 1 aromatic rings. The average molecular weight is 294 g/mol. The highest BCUT2D eigenvalue weighted by molar-refractivity contribution is 5.91. The van der Waals surface area contributed by atoms with E-state index in [0.29, 0.717) is 24.8 Å². The summed E-state index contributed by atoms with van der Waals surface area (Å²) < 4.78 is 10.3. The standard InChI is InChI=1S/C15H22N2O4/c1-3-11-7-8-13(21-11)14(18)16-9-12(10-5-6-10)17-15(19)20-4-2/h7-8,10,12H,3-6,9H2,1-2H3,(H,16,18)(H,17,19)/t12-/m1/s1. The number of aryl methyl sites for hydroxylation is 1. The van der Waals surface area contributed by atoms with Crippen molar-refractivity contribution in [1.82, 2.24) is 10.6 Å². The van der Waals surface area contributed by atoms with E-state index in [2.05, 4.69) is 10.6 Å². The van der Waals surface area contributed by atoms with E-state index in [1.54, 1.807) is 19.1 Å². The molecular weight excluding hydrogens is 272 g/mol. The second-order valence-corrected chi connectivity index (χ2v) is 5.14. The van der Waals surface area contributed by atoms with Crippen LogP contribution in [0.5, 0.6) is 0 Å². The Morgan fingerprint density at radius 1 is 1.38 bits per heavy atom. The zero-order valence-corrected chi connectivity index (χ0v) is 12.5. The minimum atomic E-state index is -0.435. The minimum absolute atomic E-state index is 0.0893. The topological polar surface area (TPSA) is 80.6 Å². The third kappa shape index (κ3) is 4.51. The number of alkyl carbamates (subject to hydrolysis) is 1. The lowest BCUT2D eigenvalue weighted by molar-refractivity contribution is 0.0915. The summed E-state index contributed by atoms with van der Waals surface area (Å²) in [5, 5.41) is 5.60. The molecule has 2 rings (SSSR count). The monoisotopic (exact) mass is 294 g/mol. The Morgan fingerprint density at radius 3 is 2.71 bits per heavy atom. The normalized spacial score (nSPS) is 15.3. The summed E-state index contributed by atoms with van der Waals surface area (Å²) in [5.74, 6) is 1.24. The van der Waals surface area contributed by atoms with Gasteiger partial charge in [0.15, 0.2) is 5.76 Å². The zero-order valence-electron chi connectivity index (χ0n) is 12.5. The van der Waals surface area contributed by atoms with Gasteiger partial charge in [-0.2, -0.15) is 0 Å². The van der Waals surface area contributed by atoms with Gasteiger partial charge in [-0.1, -0.05) is 6.92 Å². The van der Waals surface area contributed by atoms with Crippen LogP contribution in [0.4, 0.5) is 4.79 Å². The van der Waals surface area contributed by atoms with Gasteiger partial charge in [0.05, 0.1) is 12.6 Å². The van der Waals surface area contributed by atoms with E-state index in [9.17, 15) is 9.59 Å². The van der Waals surface area contributed by atoms with Crippen molar-refractivity contribution in [2.24, 2.45) is 5.92 Å². The van der Waals surface area contributed by atoms with Crippen LogP contribution >= 0.6 is 0 Å². The summed E-state index contributed by atoms with van der Waals surface area (Å²) >= 11 is 0. The van der Waals surface area contributed by atoms with Crippen LogP contribution in [0.3, 0.4) is 0 Å². The number of hydrogen-bond acceptors (Lipinski definition) is 4. The number of ether oxygens (including phenoxy) is 1. The van der Waals surface area contributed by atoms with Crippen molar-refractivity contribution < 1.29 is 18.7 Å². The lowest BCUT2D eigenvalue weighted by atomic mass is 10.2. The van der Waals surface area contributed by atoms with Crippen LogP contribution in [0.25, 0.3) is 0 Å². The molecular formula is C15H22N2O4. The van der Waals surface area contributed by atoms with E-state index >= 15 is 0 Å². The first kappa shape index (κ1) is 15.4. The van der Waals surface area contributed by atoms with Crippen LogP contribution in [-0.2, 0) is 11.2 Å². The number of amides is 2. The van der Waals surface area contributed by atoms with E-state index in [1.165, 1.54) is 0 Å². The molecule has 0 unspecified atom stereocenters. The van der Waals surface area contributed by atoms with Crippen molar-refractivity contribution >= 4 is 12.0 Å². The third-order valence-corrected chi connectivity index (χ3v) is 3.49. The maximum atomic E-state index is 12.0. The Bertz CT molecular complexity index is 494. The number of nitrogens with one attached hydrogen (secondary N) is 2. The van der Waals surface area contributed by atoms with Gasteiger partial charge in [-0.15, -0.1) is 0 Å². The fourth-order valence-corrected chi connectivity index (χ4v) is 2.14. The van der Waals surface area contributed by atoms with Gasteiger partial charge < -0.3 is 19.8 Å². The molecule has 1 atom stereocenters. The van der Waals surface area contributed by atoms with Gasteiger partial charge in [-0.3, -0.25) is 4.79 Å². The average Bonchev–Trinajstić information content (AvgIpc) is 3.20. The predicted molar refractivity (Wildman–Crippen MR) is 77.1 cm³/mol. The highest BCUT2D eigenvalue weighted by atomic mass is 16.5. The van der Waals surface area contributed by atoms with Gasteiger partial charge in [0.25, 0.3) is 5.91 Å². The predicted octanol–water partition coefficient (Wildman–Crippen LogP) is 2.10. The van der Waals surface area contributed by atoms with Crippen molar-refractivity contribution in [2.45, 2.75) is 39.2 Å². The Kier molecular flexibility index (Phi) is 5.25. The lowest BCUT2D eigenvalue weighted by Gasteiger charge is -2.18. The molecule has 6 nitrogen and oxygen atoms in total. The first-order valence-corrected chi connectivity index (χ1v) is 7.44. The van der Waals surface area contributed by atoms with E-state index in [4.69, 9.17) is 9.15 Å². The van der Waals surface area contributed by atoms with Crippen molar-refractivity contribution in [3.63, 3.8) is 0 Å². The second-order valence-electron chi connectivity index (χ2n) is 5.14. The third-order valence-electron chi connectivity index (χ3n) is 3.49. The molecule has 1 heterocycles. The van der Waals surface area contributed by atoms with E-state index < -0.39 is 6.09 Å². The Labute approximate surface area is 124 Å². The highest BCUT2D eigenvalue weighted by Crippen LogP contribution is 2.32. The quantitative estimate of drug-likeness (QED) is 0.807. The van der Waals surface area contributed by atoms with Gasteiger partial charge in [0, 0.05) is 13.0 Å².